The molecule has 1 N–H and O–H groups in total. The highest BCUT2D eigenvalue weighted by Crippen LogP contribution is 2.32. The van der Waals surface area contributed by atoms with Gasteiger partial charge in [-0.3, -0.25) is 9.69 Å². The lowest BCUT2D eigenvalue weighted by Crippen LogP contribution is -2.40. The van der Waals surface area contributed by atoms with E-state index in [-0.39, 0.29) is 23.8 Å². The summed E-state index contributed by atoms with van der Waals surface area (Å²) in [6.07, 6.45) is 2.05. The monoisotopic (exact) mass is 340 g/mol. The number of rotatable bonds is 5. The molecule has 1 aromatic carbocycles. The molecule has 6 nitrogen and oxygen atoms in total. The number of carbonyl (C=O) groups is 1. The van der Waals surface area contributed by atoms with E-state index in [1.807, 2.05) is 0 Å². The Labute approximate surface area is 147 Å². The minimum atomic E-state index is 0.129. The molecule has 6 heteroatoms. The van der Waals surface area contributed by atoms with E-state index in [1.54, 1.807) is 6.92 Å². The minimum absolute atomic E-state index is 0.129. The molecule has 2 heterocycles. The Bertz CT molecular complexity index is 751. The highest BCUT2D eigenvalue weighted by Gasteiger charge is 2.38. The Morgan fingerprint density at radius 3 is 2.64 bits per heavy atom. The van der Waals surface area contributed by atoms with E-state index in [2.05, 4.69) is 51.5 Å². The molecule has 25 heavy (non-hydrogen) atoms. The summed E-state index contributed by atoms with van der Waals surface area (Å²) in [7, 11) is 0. The molecule has 1 saturated carbocycles. The van der Waals surface area contributed by atoms with Gasteiger partial charge in [0.1, 0.15) is 0 Å². The summed E-state index contributed by atoms with van der Waals surface area (Å²) >= 11 is 0. The lowest BCUT2D eigenvalue weighted by Gasteiger charge is -2.20. The van der Waals surface area contributed by atoms with Crippen LogP contribution in [0, 0.1) is 19.8 Å². The predicted molar refractivity (Wildman–Crippen MR) is 92.9 cm³/mol. The first-order valence-electron chi connectivity index (χ1n) is 8.97. The lowest BCUT2D eigenvalue weighted by atomic mass is 9.93. The predicted octanol–water partition coefficient (Wildman–Crippen LogP) is 2.18. The van der Waals surface area contributed by atoms with E-state index in [1.165, 1.54) is 11.1 Å². The number of likely N-dealkylation sites (tertiary alicyclic amines) is 1. The van der Waals surface area contributed by atoms with E-state index in [0.717, 1.165) is 25.9 Å². The van der Waals surface area contributed by atoms with Crippen molar-refractivity contribution in [2.24, 2.45) is 5.92 Å². The van der Waals surface area contributed by atoms with Crippen LogP contribution in [0.2, 0.25) is 0 Å². The first kappa shape index (κ1) is 16.3. The van der Waals surface area contributed by atoms with Crippen molar-refractivity contribution in [1.29, 1.82) is 0 Å². The second-order valence-electron chi connectivity index (χ2n) is 7.33. The number of amides is 1. The van der Waals surface area contributed by atoms with E-state index in [0.29, 0.717) is 18.3 Å². The third-order valence-corrected chi connectivity index (χ3v) is 5.11. The van der Waals surface area contributed by atoms with Gasteiger partial charge in [0.05, 0.1) is 6.54 Å². The number of hydrogen-bond donors (Lipinski definition) is 1. The van der Waals surface area contributed by atoms with Gasteiger partial charge in [0.2, 0.25) is 11.8 Å². The van der Waals surface area contributed by atoms with Crippen LogP contribution in [0.15, 0.2) is 28.8 Å². The van der Waals surface area contributed by atoms with Crippen molar-refractivity contribution in [1.82, 2.24) is 20.4 Å². The van der Waals surface area contributed by atoms with Crippen LogP contribution < -0.4 is 5.32 Å². The summed E-state index contributed by atoms with van der Waals surface area (Å²) < 4.78 is 5.07. The topological polar surface area (TPSA) is 71.3 Å². The van der Waals surface area contributed by atoms with Crippen LogP contribution in [0.4, 0.5) is 0 Å². The number of aryl methyl sites for hydroxylation is 2. The summed E-state index contributed by atoms with van der Waals surface area (Å²) in [5.41, 5.74) is 2.53. The number of hydrogen-bond acceptors (Lipinski definition) is 5. The number of aromatic nitrogens is 2. The second kappa shape index (κ2) is 6.59. The van der Waals surface area contributed by atoms with Crippen LogP contribution in [0.5, 0.6) is 0 Å². The van der Waals surface area contributed by atoms with E-state index in [4.69, 9.17) is 4.52 Å². The molecule has 2 atom stereocenters. The van der Waals surface area contributed by atoms with Crippen molar-refractivity contribution in [2.75, 3.05) is 13.1 Å². The molecule has 1 saturated heterocycles. The molecule has 0 unspecified atom stereocenters. The summed E-state index contributed by atoms with van der Waals surface area (Å²) in [5.74, 6) is 2.01. The number of benzene rings is 1. The van der Waals surface area contributed by atoms with Gasteiger partial charge in [-0.05, 0) is 25.3 Å². The van der Waals surface area contributed by atoms with Crippen molar-refractivity contribution in [2.45, 2.75) is 45.2 Å². The molecule has 132 valence electrons. The second-order valence-corrected chi connectivity index (χ2v) is 7.33. The molecule has 1 amide bonds. The van der Waals surface area contributed by atoms with Crippen molar-refractivity contribution in [3.8, 4) is 0 Å². The summed E-state index contributed by atoms with van der Waals surface area (Å²) in [5, 5.41) is 7.28. The van der Waals surface area contributed by atoms with E-state index in [9.17, 15) is 4.79 Å². The van der Waals surface area contributed by atoms with Gasteiger partial charge in [-0.25, -0.2) is 0 Å². The maximum Gasteiger partial charge on any atom is 0.223 e. The third-order valence-electron chi connectivity index (χ3n) is 5.11. The molecule has 2 aliphatic rings. The van der Waals surface area contributed by atoms with Crippen molar-refractivity contribution >= 4 is 5.91 Å². The van der Waals surface area contributed by atoms with Gasteiger partial charge in [-0.1, -0.05) is 35.0 Å². The van der Waals surface area contributed by atoms with Crippen LogP contribution >= 0.6 is 0 Å². The highest BCUT2D eigenvalue weighted by molar-refractivity contribution is 5.81. The van der Waals surface area contributed by atoms with Crippen LogP contribution in [0.3, 0.4) is 0 Å². The Balaban J connectivity index is 1.50. The lowest BCUT2D eigenvalue weighted by molar-refractivity contribution is -0.123. The molecule has 1 aliphatic carbocycles. The maximum atomic E-state index is 12.3. The summed E-state index contributed by atoms with van der Waals surface area (Å²) in [6, 6.07) is 8.76. The largest absolute Gasteiger partial charge is 0.351 e. The van der Waals surface area contributed by atoms with Gasteiger partial charge in [0.15, 0.2) is 5.82 Å². The Hall–Kier alpha value is -2.21. The zero-order valence-electron chi connectivity index (χ0n) is 14.7. The molecular weight excluding hydrogens is 316 g/mol. The Morgan fingerprint density at radius 1 is 1.24 bits per heavy atom. The molecular formula is C19H24N4O2. The quantitative estimate of drug-likeness (QED) is 0.903. The number of nitrogens with one attached hydrogen (secondary N) is 1. The minimum Gasteiger partial charge on any atom is -0.351 e. The Kier molecular flexibility index (Phi) is 4.29. The average Bonchev–Trinajstić information content (AvgIpc) is 3.26. The standard InChI is InChI=1S/C19H24N4O2/c1-12-3-5-14(6-4-12)16-9-23(11-18-20-13(2)25-22-18)10-17(16)21-19(24)15-7-8-15/h3-6,15-17H,7-11H2,1-2H3,(H,21,24)/t16-,17+/m0/s1. The zero-order valence-corrected chi connectivity index (χ0v) is 14.7. The molecule has 4 rings (SSSR count). The van der Waals surface area contributed by atoms with E-state index < -0.39 is 0 Å². The van der Waals surface area contributed by atoms with Crippen LogP contribution in [0.1, 0.15) is 41.6 Å². The van der Waals surface area contributed by atoms with Crippen LogP contribution in [0.25, 0.3) is 0 Å². The molecule has 1 aromatic heterocycles. The van der Waals surface area contributed by atoms with Gasteiger partial charge >= 0.3 is 0 Å². The highest BCUT2D eigenvalue weighted by atomic mass is 16.5. The van der Waals surface area contributed by atoms with Gasteiger partial charge in [0, 0.05) is 37.9 Å². The molecule has 2 aromatic rings. The molecule has 0 radical (unpaired) electrons. The summed E-state index contributed by atoms with van der Waals surface area (Å²) in [4.78, 5) is 18.9. The fraction of sp³-hybridized carbons (Fsp3) is 0.526. The summed E-state index contributed by atoms with van der Waals surface area (Å²) in [6.45, 7) is 6.23. The van der Waals surface area contributed by atoms with Gasteiger partial charge in [-0.15, -0.1) is 0 Å². The first-order valence-corrected chi connectivity index (χ1v) is 8.97. The first-order chi connectivity index (χ1) is 12.1. The number of nitrogens with zero attached hydrogens (tertiary/aromatic N) is 3. The Morgan fingerprint density at radius 2 is 2.00 bits per heavy atom. The van der Waals surface area contributed by atoms with Crippen molar-refractivity contribution < 1.29 is 9.32 Å². The third kappa shape index (κ3) is 3.74. The zero-order chi connectivity index (χ0) is 17.4. The van der Waals surface area contributed by atoms with Gasteiger partial charge in [0.25, 0.3) is 0 Å². The molecule has 0 spiro atoms. The van der Waals surface area contributed by atoms with E-state index >= 15 is 0 Å². The van der Waals surface area contributed by atoms with Gasteiger partial charge in [-0.2, -0.15) is 4.98 Å². The van der Waals surface area contributed by atoms with Crippen molar-refractivity contribution in [3.63, 3.8) is 0 Å². The van der Waals surface area contributed by atoms with Gasteiger partial charge < -0.3 is 9.84 Å². The molecule has 0 bridgehead atoms. The SMILES string of the molecule is Cc1ccc([C@@H]2CN(Cc3noc(C)n3)C[C@H]2NC(=O)C2CC2)cc1. The number of carbonyl (C=O) groups excluding carboxylic acids is 1. The van der Waals surface area contributed by atoms with Crippen LogP contribution in [-0.4, -0.2) is 40.1 Å². The fourth-order valence-corrected chi connectivity index (χ4v) is 3.56. The smallest absolute Gasteiger partial charge is 0.223 e. The molecule has 2 fully saturated rings. The molecule has 1 aliphatic heterocycles. The maximum absolute atomic E-state index is 12.3. The van der Waals surface area contributed by atoms with Crippen LogP contribution in [-0.2, 0) is 11.3 Å². The normalized spacial score (nSPS) is 23.8. The fourth-order valence-electron chi connectivity index (χ4n) is 3.56. The average molecular weight is 340 g/mol. The van der Waals surface area contributed by atoms with Crippen molar-refractivity contribution in [3.05, 3.63) is 47.1 Å².